The molecule has 2 aromatic carbocycles. The van der Waals surface area contributed by atoms with Gasteiger partial charge in [-0.25, -0.2) is 9.59 Å². The number of carbonyl (C=O) groups is 2. The van der Waals surface area contributed by atoms with Crippen molar-refractivity contribution in [1.29, 1.82) is 0 Å². The van der Waals surface area contributed by atoms with Gasteiger partial charge in [-0.05, 0) is 117 Å². The SMILES string of the molecule is CCN1CC(c2ccc(OC)c(O[C@H]3C[C@@H]4CC[C@H]3C4)c2)CNC1=O.COc1ccc(C2CNC(=O)NC2)cc1O[C@H]1C[C@@H]2CC[C@H]1C2. The monoisotopic (exact) mass is 660 g/mol. The molecule has 3 N–H and O–H groups in total. The first-order valence-electron chi connectivity index (χ1n) is 18.1. The number of ether oxygens (including phenoxy) is 4. The van der Waals surface area contributed by atoms with Gasteiger partial charge in [-0.15, -0.1) is 0 Å². The fourth-order valence-corrected chi connectivity index (χ4v) is 9.10. The molecule has 0 spiro atoms. The van der Waals surface area contributed by atoms with Crippen molar-refractivity contribution in [2.24, 2.45) is 23.7 Å². The van der Waals surface area contributed by atoms with Crippen LogP contribution >= 0.6 is 0 Å². The molecule has 260 valence electrons. The van der Waals surface area contributed by atoms with E-state index in [-0.39, 0.29) is 23.9 Å². The van der Waals surface area contributed by atoms with Crippen LogP contribution in [0.3, 0.4) is 0 Å². The van der Waals surface area contributed by atoms with Gasteiger partial charge >= 0.3 is 12.1 Å². The smallest absolute Gasteiger partial charge is 0.317 e. The fraction of sp³-hybridized carbons (Fsp3) is 0.632. The second-order valence-electron chi connectivity index (χ2n) is 14.7. The van der Waals surface area contributed by atoms with Crippen molar-refractivity contribution < 1.29 is 28.5 Å². The number of fused-ring (bicyclic) bond motifs is 4. The van der Waals surface area contributed by atoms with Crippen molar-refractivity contribution >= 4 is 12.1 Å². The maximum Gasteiger partial charge on any atom is 0.317 e. The minimum atomic E-state index is -0.0896. The Hall–Kier alpha value is -3.82. The van der Waals surface area contributed by atoms with Gasteiger partial charge in [0.1, 0.15) is 12.2 Å². The molecule has 8 rings (SSSR count). The van der Waals surface area contributed by atoms with E-state index in [0.29, 0.717) is 43.7 Å². The van der Waals surface area contributed by atoms with Crippen LogP contribution in [0.1, 0.15) is 81.3 Å². The van der Waals surface area contributed by atoms with E-state index >= 15 is 0 Å². The molecule has 0 radical (unpaired) electrons. The lowest BCUT2D eigenvalue weighted by Gasteiger charge is -2.33. The normalized spacial score (nSPS) is 30.6. The van der Waals surface area contributed by atoms with Crippen LogP contribution in [0, 0.1) is 23.7 Å². The first-order chi connectivity index (χ1) is 23.4. The van der Waals surface area contributed by atoms with Crippen LogP contribution in [0.2, 0.25) is 0 Å². The van der Waals surface area contributed by atoms with Crippen molar-refractivity contribution in [2.75, 3.05) is 46.9 Å². The molecule has 10 nitrogen and oxygen atoms in total. The Kier molecular flexibility index (Phi) is 9.78. The van der Waals surface area contributed by atoms with Gasteiger partial charge in [-0.2, -0.15) is 0 Å². The molecule has 4 saturated carbocycles. The Labute approximate surface area is 284 Å². The highest BCUT2D eigenvalue weighted by Crippen LogP contribution is 2.48. The second-order valence-corrected chi connectivity index (χ2v) is 14.7. The van der Waals surface area contributed by atoms with Crippen molar-refractivity contribution in [2.45, 2.75) is 82.3 Å². The number of carbonyl (C=O) groups excluding carboxylic acids is 2. The van der Waals surface area contributed by atoms with E-state index in [9.17, 15) is 9.59 Å². The zero-order valence-corrected chi connectivity index (χ0v) is 28.7. The zero-order chi connectivity index (χ0) is 33.2. The highest BCUT2D eigenvalue weighted by atomic mass is 16.5. The average Bonchev–Trinajstić information content (AvgIpc) is 3.93. The Morgan fingerprint density at radius 1 is 0.667 bits per heavy atom. The molecule has 4 aliphatic carbocycles. The second kappa shape index (κ2) is 14.3. The number of amides is 4. The third-order valence-corrected chi connectivity index (χ3v) is 11.8. The summed E-state index contributed by atoms with van der Waals surface area (Å²) in [6, 6.07) is 12.3. The molecule has 6 fully saturated rings. The largest absolute Gasteiger partial charge is 0.493 e. The van der Waals surface area contributed by atoms with E-state index in [1.54, 1.807) is 14.2 Å². The number of methoxy groups -OCH3 is 2. The van der Waals surface area contributed by atoms with Crippen molar-refractivity contribution in [3.63, 3.8) is 0 Å². The third-order valence-electron chi connectivity index (χ3n) is 11.8. The lowest BCUT2D eigenvalue weighted by Crippen LogP contribution is -2.49. The highest BCUT2D eigenvalue weighted by molar-refractivity contribution is 5.75. The number of rotatable bonds is 9. The van der Waals surface area contributed by atoms with Gasteiger partial charge in [0.25, 0.3) is 0 Å². The first kappa shape index (κ1) is 32.7. The van der Waals surface area contributed by atoms with E-state index in [2.05, 4.69) is 40.2 Å². The third kappa shape index (κ3) is 6.99. The summed E-state index contributed by atoms with van der Waals surface area (Å²) in [7, 11) is 3.38. The van der Waals surface area contributed by atoms with Crippen LogP contribution in [0.5, 0.6) is 23.0 Å². The summed E-state index contributed by atoms with van der Waals surface area (Å²) in [4.78, 5) is 24.9. The standard InChI is InChI=1S/C20H28N2O3.C18H24N2O3/c1-3-22-12-16(11-21-20(22)23)14-6-7-17(24-2)19(10-14)25-18-9-13-4-5-15(18)8-13;1-22-15-5-4-12(14-9-19-18(21)20-10-14)8-17(15)23-16-7-11-2-3-13(16)6-11/h6-7,10,13,15-16,18H,3-5,8-9,11-12H2,1-2H3,(H,21,23);4-5,8,11,13-14,16H,2-3,6-7,9-10H2,1H3,(H2,19,20,21)/t13-,15+,16?,18+;11-,13+,16+/m11/s1. The molecule has 2 saturated heterocycles. The predicted molar refractivity (Wildman–Crippen MR) is 183 cm³/mol. The summed E-state index contributed by atoms with van der Waals surface area (Å²) < 4.78 is 23.8. The summed E-state index contributed by atoms with van der Waals surface area (Å²) >= 11 is 0. The van der Waals surface area contributed by atoms with Gasteiger partial charge in [0.2, 0.25) is 0 Å². The molecule has 7 atom stereocenters. The van der Waals surface area contributed by atoms with E-state index in [0.717, 1.165) is 47.9 Å². The van der Waals surface area contributed by atoms with Crippen molar-refractivity contribution in [1.82, 2.24) is 20.9 Å². The maximum atomic E-state index is 11.8. The van der Waals surface area contributed by atoms with E-state index in [1.807, 2.05) is 24.0 Å². The molecule has 2 heterocycles. The minimum absolute atomic E-state index is 0.0331. The fourth-order valence-electron chi connectivity index (χ4n) is 9.10. The number of hydrogen-bond acceptors (Lipinski definition) is 6. The van der Waals surface area contributed by atoms with E-state index < -0.39 is 0 Å². The van der Waals surface area contributed by atoms with Crippen LogP contribution in [0.4, 0.5) is 9.59 Å². The topological polar surface area (TPSA) is 110 Å². The van der Waals surface area contributed by atoms with Crippen LogP contribution in [0.25, 0.3) is 0 Å². The first-order valence-corrected chi connectivity index (χ1v) is 18.1. The molecule has 0 aromatic heterocycles. The molecular formula is C38H52N4O6. The summed E-state index contributed by atoms with van der Waals surface area (Å²) in [5.74, 6) is 6.99. The summed E-state index contributed by atoms with van der Waals surface area (Å²) in [6.45, 7) is 5.49. The quantitative estimate of drug-likeness (QED) is 0.302. The minimum Gasteiger partial charge on any atom is -0.493 e. The predicted octanol–water partition coefficient (Wildman–Crippen LogP) is 6.05. The lowest BCUT2D eigenvalue weighted by molar-refractivity contribution is 0.133. The Bertz CT molecular complexity index is 1460. The summed E-state index contributed by atoms with van der Waals surface area (Å²) in [5.41, 5.74) is 2.38. The van der Waals surface area contributed by atoms with Crippen molar-refractivity contribution in [3.8, 4) is 23.0 Å². The molecule has 48 heavy (non-hydrogen) atoms. The lowest BCUT2D eigenvalue weighted by atomic mass is 9.95. The van der Waals surface area contributed by atoms with Crippen molar-refractivity contribution in [3.05, 3.63) is 47.5 Å². The molecular weight excluding hydrogens is 608 g/mol. The van der Waals surface area contributed by atoms with Gasteiger partial charge in [-0.1, -0.05) is 12.1 Å². The van der Waals surface area contributed by atoms with Gasteiger partial charge in [0, 0.05) is 44.6 Å². The van der Waals surface area contributed by atoms with Gasteiger partial charge in [0.15, 0.2) is 23.0 Å². The van der Waals surface area contributed by atoms with Gasteiger partial charge in [0.05, 0.1) is 14.2 Å². The average molecular weight is 661 g/mol. The Morgan fingerprint density at radius 2 is 1.19 bits per heavy atom. The van der Waals surface area contributed by atoms with Gasteiger partial charge in [-0.3, -0.25) is 0 Å². The van der Waals surface area contributed by atoms with E-state index in [1.165, 1.54) is 62.5 Å². The molecule has 2 aliphatic heterocycles. The molecule has 4 amide bonds. The van der Waals surface area contributed by atoms with Crippen LogP contribution in [0.15, 0.2) is 36.4 Å². The number of hydrogen-bond donors (Lipinski definition) is 3. The maximum absolute atomic E-state index is 11.8. The Balaban J connectivity index is 0.000000152. The van der Waals surface area contributed by atoms with Crippen LogP contribution in [-0.2, 0) is 0 Å². The molecule has 2 aromatic rings. The molecule has 1 unspecified atom stereocenters. The number of nitrogens with one attached hydrogen (secondary N) is 3. The number of likely N-dealkylation sites (N-methyl/N-ethyl adjacent to an activating group) is 1. The number of benzene rings is 2. The highest BCUT2D eigenvalue weighted by Gasteiger charge is 2.42. The number of urea groups is 2. The summed E-state index contributed by atoms with van der Waals surface area (Å²) in [5, 5.41) is 8.69. The molecule has 6 aliphatic rings. The van der Waals surface area contributed by atoms with Crippen LogP contribution < -0.4 is 34.9 Å². The van der Waals surface area contributed by atoms with E-state index in [4.69, 9.17) is 18.9 Å². The van der Waals surface area contributed by atoms with Gasteiger partial charge < -0.3 is 39.8 Å². The Morgan fingerprint density at radius 3 is 1.65 bits per heavy atom. The zero-order valence-electron chi connectivity index (χ0n) is 28.7. The molecule has 4 bridgehead atoms. The summed E-state index contributed by atoms with van der Waals surface area (Å²) in [6.07, 6.45) is 11.0. The number of nitrogens with zero attached hydrogens (tertiary/aromatic N) is 1. The van der Waals surface area contributed by atoms with Crippen LogP contribution in [-0.4, -0.2) is 76.1 Å². The molecule has 10 heteroatoms.